The molecule has 1 aliphatic carbocycles. The topological polar surface area (TPSA) is 93.4 Å². The molecule has 0 spiro atoms. The molecule has 202 valence electrons. The summed E-state index contributed by atoms with van der Waals surface area (Å²) < 4.78 is 8.16. The van der Waals surface area contributed by atoms with Crippen LogP contribution in [0.5, 0.6) is 5.75 Å². The van der Waals surface area contributed by atoms with Gasteiger partial charge in [0.2, 0.25) is 0 Å². The molecular weight excluding hydrogens is 478 g/mol. The van der Waals surface area contributed by atoms with Crippen LogP contribution >= 0.6 is 0 Å². The number of aliphatic carboxylic acids is 1. The SMILES string of the molecule is CC[C@@H]1CN(C2CCc3ccc(C(CCc4cn(CC)nn4)C(C)(C)C(=O)O)cc32)Cc2cnccc2O1. The van der Waals surface area contributed by atoms with Crippen LogP contribution in [-0.4, -0.2) is 48.6 Å². The smallest absolute Gasteiger partial charge is 0.309 e. The average Bonchev–Trinajstić information content (AvgIpc) is 3.50. The molecule has 1 aromatic carbocycles. The Labute approximate surface area is 225 Å². The van der Waals surface area contributed by atoms with E-state index in [1.807, 2.05) is 43.9 Å². The molecule has 1 aliphatic heterocycles. The number of fused-ring (bicyclic) bond motifs is 2. The van der Waals surface area contributed by atoms with E-state index in [0.717, 1.165) is 61.5 Å². The van der Waals surface area contributed by atoms with Gasteiger partial charge < -0.3 is 9.84 Å². The fraction of sp³-hybridized carbons (Fsp3) is 0.533. The highest BCUT2D eigenvalue weighted by atomic mass is 16.5. The van der Waals surface area contributed by atoms with E-state index in [4.69, 9.17) is 4.74 Å². The van der Waals surface area contributed by atoms with Crippen molar-refractivity contribution in [3.05, 3.63) is 70.8 Å². The summed E-state index contributed by atoms with van der Waals surface area (Å²) in [6.45, 7) is 10.3. The summed E-state index contributed by atoms with van der Waals surface area (Å²) in [6.07, 6.45) is 10.2. The van der Waals surface area contributed by atoms with Crippen molar-refractivity contribution in [1.29, 1.82) is 0 Å². The van der Waals surface area contributed by atoms with E-state index in [2.05, 4.69) is 45.3 Å². The van der Waals surface area contributed by atoms with E-state index in [0.29, 0.717) is 12.8 Å². The number of pyridine rings is 1. The van der Waals surface area contributed by atoms with E-state index in [1.165, 1.54) is 11.1 Å². The van der Waals surface area contributed by atoms with Gasteiger partial charge in [-0.1, -0.05) is 30.3 Å². The first kappa shape index (κ1) is 26.4. The van der Waals surface area contributed by atoms with Crippen molar-refractivity contribution in [3.63, 3.8) is 0 Å². The summed E-state index contributed by atoms with van der Waals surface area (Å²) in [5, 5.41) is 18.6. The molecule has 0 bridgehead atoms. The van der Waals surface area contributed by atoms with Crippen molar-refractivity contribution in [1.82, 2.24) is 24.9 Å². The van der Waals surface area contributed by atoms with Crippen molar-refractivity contribution in [3.8, 4) is 5.75 Å². The van der Waals surface area contributed by atoms with E-state index < -0.39 is 11.4 Å². The standard InChI is InChI=1S/C30H39N5O3/c1-5-24-19-34(17-22-16-31-14-13-28(22)38-24)27-12-9-20-7-8-21(15-25(20)27)26(30(3,4)29(36)37)11-10-23-18-35(6-2)33-32-23/h7-8,13-16,18,24,26-27H,5-6,9-12,17,19H2,1-4H3,(H,36,37)/t24-,26?,27?/m1/s1. The fourth-order valence-corrected chi connectivity index (χ4v) is 6.05. The zero-order valence-corrected chi connectivity index (χ0v) is 22.9. The molecule has 3 aromatic rings. The van der Waals surface area contributed by atoms with E-state index >= 15 is 0 Å². The first-order valence-electron chi connectivity index (χ1n) is 13.9. The van der Waals surface area contributed by atoms with Crippen molar-refractivity contribution < 1.29 is 14.6 Å². The Morgan fingerprint density at radius 3 is 2.82 bits per heavy atom. The van der Waals surface area contributed by atoms with Crippen LogP contribution in [0.1, 0.15) is 86.9 Å². The molecular formula is C30H39N5O3. The van der Waals surface area contributed by atoms with E-state index in [1.54, 1.807) is 6.20 Å². The van der Waals surface area contributed by atoms with Crippen LogP contribution in [0.4, 0.5) is 0 Å². The van der Waals surface area contributed by atoms with Gasteiger partial charge in [0, 0.05) is 49.8 Å². The molecule has 0 amide bonds. The van der Waals surface area contributed by atoms with Gasteiger partial charge in [-0.25, -0.2) is 0 Å². The highest BCUT2D eigenvalue weighted by Gasteiger charge is 2.39. The Balaban J connectivity index is 1.45. The molecule has 5 rings (SSSR count). The summed E-state index contributed by atoms with van der Waals surface area (Å²) in [4.78, 5) is 19.3. The molecule has 2 unspecified atom stereocenters. The first-order valence-corrected chi connectivity index (χ1v) is 13.9. The Bertz CT molecular complexity index is 1290. The lowest BCUT2D eigenvalue weighted by atomic mass is 9.72. The van der Waals surface area contributed by atoms with Crippen LogP contribution in [0.25, 0.3) is 0 Å². The maximum absolute atomic E-state index is 12.4. The normalized spacial score (nSPS) is 20.3. The van der Waals surface area contributed by atoms with Crippen LogP contribution in [0.2, 0.25) is 0 Å². The molecule has 0 fully saturated rings. The molecule has 3 heterocycles. The molecule has 0 saturated carbocycles. The number of hydrogen-bond acceptors (Lipinski definition) is 6. The number of benzene rings is 1. The summed E-state index contributed by atoms with van der Waals surface area (Å²) in [5.74, 6) is 0.0000279. The van der Waals surface area contributed by atoms with Crippen molar-refractivity contribution in [2.45, 2.75) is 91.0 Å². The van der Waals surface area contributed by atoms with Crippen molar-refractivity contribution in [2.24, 2.45) is 5.41 Å². The summed E-state index contributed by atoms with van der Waals surface area (Å²) >= 11 is 0. The van der Waals surface area contributed by atoms with Gasteiger partial charge in [0.15, 0.2) is 0 Å². The van der Waals surface area contributed by atoms with Gasteiger partial charge >= 0.3 is 5.97 Å². The van der Waals surface area contributed by atoms with Crippen LogP contribution < -0.4 is 4.74 Å². The van der Waals surface area contributed by atoms with Gasteiger partial charge in [-0.05, 0) is 81.5 Å². The van der Waals surface area contributed by atoms with Crippen LogP contribution in [0.3, 0.4) is 0 Å². The van der Waals surface area contributed by atoms with Crippen LogP contribution in [0.15, 0.2) is 42.9 Å². The van der Waals surface area contributed by atoms with E-state index in [-0.39, 0.29) is 18.1 Å². The van der Waals surface area contributed by atoms with Gasteiger partial charge in [-0.2, -0.15) is 0 Å². The maximum Gasteiger partial charge on any atom is 0.309 e. The molecule has 1 N–H and O–H groups in total. The lowest BCUT2D eigenvalue weighted by Crippen LogP contribution is -2.35. The third-order valence-electron chi connectivity index (χ3n) is 8.50. The van der Waals surface area contributed by atoms with Gasteiger partial charge in [0.1, 0.15) is 11.9 Å². The quantitative estimate of drug-likeness (QED) is 0.418. The molecule has 0 saturated heterocycles. The lowest BCUT2D eigenvalue weighted by molar-refractivity contribution is -0.148. The van der Waals surface area contributed by atoms with Crippen LogP contribution in [0, 0.1) is 5.41 Å². The molecule has 0 radical (unpaired) electrons. The number of carboxylic acids is 1. The Morgan fingerprint density at radius 1 is 1.24 bits per heavy atom. The highest BCUT2D eigenvalue weighted by Crippen LogP contribution is 2.44. The molecule has 2 aromatic heterocycles. The van der Waals surface area contributed by atoms with Gasteiger partial charge in [-0.3, -0.25) is 19.4 Å². The second kappa shape index (κ2) is 10.8. The zero-order chi connectivity index (χ0) is 26.9. The average molecular weight is 518 g/mol. The molecule has 38 heavy (non-hydrogen) atoms. The Kier molecular flexibility index (Phi) is 7.52. The van der Waals surface area contributed by atoms with Gasteiger partial charge in [-0.15, -0.1) is 5.10 Å². The second-order valence-corrected chi connectivity index (χ2v) is 11.3. The third kappa shape index (κ3) is 5.19. The summed E-state index contributed by atoms with van der Waals surface area (Å²) in [5.41, 5.74) is 4.88. The number of aryl methyl sites for hydroxylation is 3. The lowest BCUT2D eigenvalue weighted by Gasteiger charge is -2.33. The third-order valence-corrected chi connectivity index (χ3v) is 8.50. The molecule has 8 nitrogen and oxygen atoms in total. The van der Waals surface area contributed by atoms with E-state index in [9.17, 15) is 9.90 Å². The largest absolute Gasteiger partial charge is 0.489 e. The monoisotopic (exact) mass is 517 g/mol. The summed E-state index contributed by atoms with van der Waals surface area (Å²) in [7, 11) is 0. The number of aromatic nitrogens is 4. The molecule has 3 atom stereocenters. The Morgan fingerprint density at radius 2 is 2.08 bits per heavy atom. The van der Waals surface area contributed by atoms with Crippen LogP contribution in [-0.2, 0) is 30.7 Å². The number of carboxylic acid groups (broad SMARTS) is 1. The molecule has 8 heteroatoms. The number of hydrogen-bond donors (Lipinski definition) is 1. The predicted molar refractivity (Wildman–Crippen MR) is 145 cm³/mol. The minimum absolute atomic E-state index is 0.126. The number of nitrogens with zero attached hydrogens (tertiary/aromatic N) is 5. The number of carbonyl (C=O) groups is 1. The fourth-order valence-electron chi connectivity index (χ4n) is 6.05. The minimum atomic E-state index is -0.919. The Hall–Kier alpha value is -3.26. The highest BCUT2D eigenvalue weighted by molar-refractivity contribution is 5.75. The minimum Gasteiger partial charge on any atom is -0.489 e. The summed E-state index contributed by atoms with van der Waals surface area (Å²) in [6, 6.07) is 8.91. The van der Waals surface area contributed by atoms with Crippen molar-refractivity contribution in [2.75, 3.05) is 6.54 Å². The van der Waals surface area contributed by atoms with Gasteiger partial charge in [0.25, 0.3) is 0 Å². The second-order valence-electron chi connectivity index (χ2n) is 11.3. The first-order chi connectivity index (χ1) is 18.3. The number of rotatable bonds is 9. The van der Waals surface area contributed by atoms with Crippen molar-refractivity contribution >= 4 is 5.97 Å². The number of ether oxygens (including phenoxy) is 1. The molecule has 2 aliphatic rings. The maximum atomic E-state index is 12.4. The predicted octanol–water partition coefficient (Wildman–Crippen LogP) is 5.18. The zero-order valence-electron chi connectivity index (χ0n) is 22.9. The van der Waals surface area contributed by atoms with Gasteiger partial charge in [0.05, 0.1) is 11.1 Å².